The maximum Gasteiger partial charge on any atom is 0.129 e. The minimum atomic E-state index is 0.222. The first-order chi connectivity index (χ1) is 7.09. The van der Waals surface area contributed by atoms with E-state index in [1.807, 2.05) is 19.1 Å². The Labute approximate surface area is 91.3 Å². The van der Waals surface area contributed by atoms with Gasteiger partial charge < -0.3 is 9.53 Å². The number of hydrogen-bond acceptors (Lipinski definition) is 2. The Morgan fingerprint density at radius 3 is 2.67 bits per heavy atom. The van der Waals surface area contributed by atoms with Crippen LogP contribution in [0.5, 0.6) is 5.75 Å². The molecule has 0 saturated carbocycles. The quantitative estimate of drug-likeness (QED) is 0.692. The Balaban J connectivity index is 2.40. The van der Waals surface area contributed by atoms with Crippen molar-refractivity contribution in [3.63, 3.8) is 0 Å². The summed E-state index contributed by atoms with van der Waals surface area (Å²) in [6, 6.07) is 6.12. The highest BCUT2D eigenvalue weighted by molar-refractivity contribution is 5.75. The number of carbonyl (C=O) groups excluding carboxylic acids is 1. The minimum Gasteiger partial charge on any atom is -0.493 e. The molecular formula is C13H18O2. The average molecular weight is 206 g/mol. The molecule has 0 radical (unpaired) electrons. The number of benzene rings is 1. The zero-order valence-electron chi connectivity index (χ0n) is 9.67. The SMILES string of the molecule is CC(=O)CCCOc1ccc(C)cc1C. The third-order valence-electron chi connectivity index (χ3n) is 2.26. The fraction of sp³-hybridized carbons (Fsp3) is 0.462. The number of Topliss-reactive ketones (excluding diaryl/α,β-unsaturated/α-hetero) is 1. The topological polar surface area (TPSA) is 26.3 Å². The number of ketones is 1. The van der Waals surface area contributed by atoms with Gasteiger partial charge >= 0.3 is 0 Å². The molecule has 15 heavy (non-hydrogen) atoms. The van der Waals surface area contributed by atoms with Crippen molar-refractivity contribution in [3.8, 4) is 5.75 Å². The smallest absolute Gasteiger partial charge is 0.129 e. The van der Waals surface area contributed by atoms with Gasteiger partial charge in [0.25, 0.3) is 0 Å². The van der Waals surface area contributed by atoms with Crippen LogP contribution in [0.4, 0.5) is 0 Å². The summed E-state index contributed by atoms with van der Waals surface area (Å²) in [6.45, 7) is 6.32. The Morgan fingerprint density at radius 2 is 2.07 bits per heavy atom. The van der Waals surface area contributed by atoms with Gasteiger partial charge in [-0.1, -0.05) is 17.7 Å². The molecule has 0 aromatic heterocycles. The van der Waals surface area contributed by atoms with Gasteiger partial charge in [0.15, 0.2) is 0 Å². The van der Waals surface area contributed by atoms with Gasteiger partial charge in [0, 0.05) is 6.42 Å². The van der Waals surface area contributed by atoms with Crippen molar-refractivity contribution >= 4 is 5.78 Å². The molecule has 0 saturated heterocycles. The fourth-order valence-corrected chi connectivity index (χ4v) is 1.46. The Morgan fingerprint density at radius 1 is 1.33 bits per heavy atom. The normalized spacial score (nSPS) is 10.1. The van der Waals surface area contributed by atoms with Crippen LogP contribution in [0.2, 0.25) is 0 Å². The molecule has 0 unspecified atom stereocenters. The maximum absolute atomic E-state index is 10.7. The summed E-state index contributed by atoms with van der Waals surface area (Å²) in [4.78, 5) is 10.7. The van der Waals surface area contributed by atoms with Crippen molar-refractivity contribution in [1.29, 1.82) is 0 Å². The first-order valence-electron chi connectivity index (χ1n) is 5.29. The molecule has 0 fully saturated rings. The van der Waals surface area contributed by atoms with Gasteiger partial charge in [0.1, 0.15) is 11.5 Å². The van der Waals surface area contributed by atoms with E-state index in [9.17, 15) is 4.79 Å². The lowest BCUT2D eigenvalue weighted by atomic mass is 10.1. The predicted molar refractivity (Wildman–Crippen MR) is 61.3 cm³/mol. The molecule has 0 spiro atoms. The molecule has 0 aliphatic carbocycles. The second kappa shape index (κ2) is 5.54. The standard InChI is InChI=1S/C13H18O2/c1-10-6-7-13(11(2)9-10)15-8-4-5-12(3)14/h6-7,9H,4-5,8H2,1-3H3. The fourth-order valence-electron chi connectivity index (χ4n) is 1.46. The van der Waals surface area contributed by atoms with E-state index in [-0.39, 0.29) is 5.78 Å². The van der Waals surface area contributed by atoms with Crippen LogP contribution >= 0.6 is 0 Å². The van der Waals surface area contributed by atoms with E-state index >= 15 is 0 Å². The lowest BCUT2D eigenvalue weighted by Crippen LogP contribution is -2.01. The number of carbonyl (C=O) groups is 1. The van der Waals surface area contributed by atoms with E-state index < -0.39 is 0 Å². The number of rotatable bonds is 5. The summed E-state index contributed by atoms with van der Waals surface area (Å²) in [6.07, 6.45) is 1.40. The lowest BCUT2D eigenvalue weighted by molar-refractivity contribution is -0.117. The molecule has 82 valence electrons. The molecule has 0 atom stereocenters. The molecule has 0 N–H and O–H groups in total. The van der Waals surface area contributed by atoms with Gasteiger partial charge in [-0.2, -0.15) is 0 Å². The van der Waals surface area contributed by atoms with Crippen molar-refractivity contribution in [2.75, 3.05) is 6.61 Å². The average Bonchev–Trinajstić information content (AvgIpc) is 2.14. The summed E-state index contributed by atoms with van der Waals surface area (Å²) in [5, 5.41) is 0. The van der Waals surface area contributed by atoms with Crippen LogP contribution < -0.4 is 4.74 Å². The van der Waals surface area contributed by atoms with Crippen LogP contribution in [0.3, 0.4) is 0 Å². The summed E-state index contributed by atoms with van der Waals surface area (Å²) in [5.74, 6) is 1.14. The highest BCUT2D eigenvalue weighted by Gasteiger charge is 1.99. The zero-order chi connectivity index (χ0) is 11.3. The van der Waals surface area contributed by atoms with Gasteiger partial charge in [0.05, 0.1) is 6.61 Å². The summed E-state index contributed by atoms with van der Waals surface area (Å²) in [7, 11) is 0. The summed E-state index contributed by atoms with van der Waals surface area (Å²) >= 11 is 0. The van der Waals surface area contributed by atoms with E-state index in [1.165, 1.54) is 5.56 Å². The summed E-state index contributed by atoms with van der Waals surface area (Å²) < 4.78 is 5.59. The maximum atomic E-state index is 10.7. The largest absolute Gasteiger partial charge is 0.493 e. The molecule has 1 rings (SSSR count). The molecule has 0 bridgehead atoms. The van der Waals surface area contributed by atoms with Gasteiger partial charge in [-0.25, -0.2) is 0 Å². The van der Waals surface area contributed by atoms with E-state index in [4.69, 9.17) is 4.74 Å². The third-order valence-corrected chi connectivity index (χ3v) is 2.26. The molecular weight excluding hydrogens is 188 g/mol. The van der Waals surface area contributed by atoms with Crippen molar-refractivity contribution in [3.05, 3.63) is 29.3 Å². The van der Waals surface area contributed by atoms with Crippen molar-refractivity contribution < 1.29 is 9.53 Å². The van der Waals surface area contributed by atoms with Crippen molar-refractivity contribution in [2.24, 2.45) is 0 Å². The zero-order valence-corrected chi connectivity index (χ0v) is 9.67. The van der Waals surface area contributed by atoms with Crippen LogP contribution in [0.15, 0.2) is 18.2 Å². The Hall–Kier alpha value is -1.31. The molecule has 0 aliphatic heterocycles. The molecule has 0 aliphatic rings. The molecule has 0 heterocycles. The molecule has 1 aromatic rings. The second-order valence-corrected chi connectivity index (χ2v) is 3.92. The van der Waals surface area contributed by atoms with Crippen LogP contribution in [0.1, 0.15) is 30.9 Å². The van der Waals surface area contributed by atoms with E-state index in [0.717, 1.165) is 17.7 Å². The van der Waals surface area contributed by atoms with Gasteiger partial charge in [-0.05, 0) is 38.8 Å². The highest BCUT2D eigenvalue weighted by Crippen LogP contribution is 2.18. The molecule has 2 nitrogen and oxygen atoms in total. The van der Waals surface area contributed by atoms with Gasteiger partial charge in [-0.3, -0.25) is 0 Å². The Kier molecular flexibility index (Phi) is 4.35. The molecule has 1 aromatic carbocycles. The first kappa shape index (κ1) is 11.8. The molecule has 2 heteroatoms. The third kappa shape index (κ3) is 4.15. The van der Waals surface area contributed by atoms with E-state index in [1.54, 1.807) is 6.92 Å². The van der Waals surface area contributed by atoms with Gasteiger partial charge in [0.2, 0.25) is 0 Å². The number of ether oxygens (including phenoxy) is 1. The molecule has 0 amide bonds. The lowest BCUT2D eigenvalue weighted by Gasteiger charge is -2.08. The predicted octanol–water partition coefficient (Wildman–Crippen LogP) is 3.05. The van der Waals surface area contributed by atoms with Crippen LogP contribution in [0.25, 0.3) is 0 Å². The Bertz CT molecular complexity index is 342. The van der Waals surface area contributed by atoms with E-state index in [2.05, 4.69) is 13.0 Å². The monoisotopic (exact) mass is 206 g/mol. The number of aryl methyl sites for hydroxylation is 2. The summed E-state index contributed by atoms with van der Waals surface area (Å²) in [5.41, 5.74) is 2.39. The first-order valence-corrected chi connectivity index (χ1v) is 5.29. The van der Waals surface area contributed by atoms with Gasteiger partial charge in [-0.15, -0.1) is 0 Å². The second-order valence-electron chi connectivity index (χ2n) is 3.92. The van der Waals surface area contributed by atoms with Crippen LogP contribution in [-0.2, 0) is 4.79 Å². The van der Waals surface area contributed by atoms with E-state index in [0.29, 0.717) is 13.0 Å². The van der Waals surface area contributed by atoms with Crippen molar-refractivity contribution in [2.45, 2.75) is 33.6 Å². The number of hydrogen-bond donors (Lipinski definition) is 0. The van der Waals surface area contributed by atoms with Crippen LogP contribution in [0, 0.1) is 13.8 Å². The highest BCUT2D eigenvalue weighted by atomic mass is 16.5. The van der Waals surface area contributed by atoms with Crippen LogP contribution in [-0.4, -0.2) is 12.4 Å². The minimum absolute atomic E-state index is 0.222. The van der Waals surface area contributed by atoms with Crippen molar-refractivity contribution in [1.82, 2.24) is 0 Å².